The minimum absolute atomic E-state index is 0. The number of nitrogens with zero attached hydrogens (tertiary/aromatic N) is 3. The Balaban J connectivity index is 0.00000363. The molecule has 2 aromatic rings. The molecular weight excluding hydrogens is 517 g/mol. The summed E-state index contributed by atoms with van der Waals surface area (Å²) in [5, 5.41) is 6.87. The predicted molar refractivity (Wildman–Crippen MR) is 140 cm³/mol. The zero-order chi connectivity index (χ0) is 22.1. The molecule has 0 bridgehead atoms. The van der Waals surface area contributed by atoms with E-state index in [4.69, 9.17) is 9.15 Å². The molecule has 176 valence electrons. The molecule has 0 unspecified atom stereocenters. The van der Waals surface area contributed by atoms with Crippen LogP contribution in [0.5, 0.6) is 5.75 Å². The van der Waals surface area contributed by atoms with Crippen LogP contribution in [0.4, 0.5) is 0 Å². The van der Waals surface area contributed by atoms with Crippen LogP contribution in [0, 0.1) is 19.8 Å². The van der Waals surface area contributed by atoms with Crippen molar-refractivity contribution in [3.8, 4) is 5.75 Å². The van der Waals surface area contributed by atoms with Gasteiger partial charge in [-0.05, 0) is 51.8 Å². The topological polar surface area (TPSA) is 74.9 Å². The summed E-state index contributed by atoms with van der Waals surface area (Å²) in [6.07, 6.45) is 4.06. The molecule has 0 saturated carbocycles. The molecule has 1 aliphatic heterocycles. The van der Waals surface area contributed by atoms with E-state index in [9.17, 15) is 0 Å². The summed E-state index contributed by atoms with van der Waals surface area (Å²) >= 11 is 0. The first-order valence-corrected chi connectivity index (χ1v) is 11.0. The van der Waals surface area contributed by atoms with E-state index in [-0.39, 0.29) is 24.0 Å². The average molecular weight is 553 g/mol. The van der Waals surface area contributed by atoms with Crippen molar-refractivity contribution in [3.05, 3.63) is 59.8 Å². The van der Waals surface area contributed by atoms with Gasteiger partial charge in [0.2, 0.25) is 5.89 Å². The van der Waals surface area contributed by atoms with E-state index < -0.39 is 0 Å². The molecule has 0 atom stereocenters. The number of rotatable bonds is 9. The number of oxazole rings is 1. The lowest BCUT2D eigenvalue weighted by Gasteiger charge is -2.31. The molecule has 1 saturated heterocycles. The van der Waals surface area contributed by atoms with Crippen molar-refractivity contribution in [2.75, 3.05) is 33.3 Å². The van der Waals surface area contributed by atoms with Gasteiger partial charge in [0.1, 0.15) is 18.1 Å². The monoisotopic (exact) mass is 553 g/mol. The third kappa shape index (κ3) is 7.81. The van der Waals surface area contributed by atoms with Crippen LogP contribution in [0.25, 0.3) is 0 Å². The minimum atomic E-state index is 0. The van der Waals surface area contributed by atoms with Crippen LogP contribution >= 0.6 is 24.0 Å². The van der Waals surface area contributed by atoms with Gasteiger partial charge in [-0.3, -0.25) is 9.89 Å². The number of aliphatic imine (C=N–C) groups is 1. The van der Waals surface area contributed by atoms with Crippen molar-refractivity contribution < 1.29 is 9.15 Å². The average Bonchev–Trinajstić information content (AvgIpc) is 3.10. The number of ether oxygens (including phenoxy) is 1. The summed E-state index contributed by atoms with van der Waals surface area (Å²) in [4.78, 5) is 11.3. The van der Waals surface area contributed by atoms with E-state index in [0.29, 0.717) is 19.1 Å². The maximum Gasteiger partial charge on any atom is 0.208 e. The second kappa shape index (κ2) is 13.5. The molecule has 32 heavy (non-hydrogen) atoms. The number of aromatic nitrogens is 1. The van der Waals surface area contributed by atoms with Gasteiger partial charge in [0.25, 0.3) is 0 Å². The molecule has 1 aromatic carbocycles. The van der Waals surface area contributed by atoms with Crippen LogP contribution in [0.1, 0.15) is 35.7 Å². The second-order valence-corrected chi connectivity index (χ2v) is 7.98. The first-order valence-electron chi connectivity index (χ1n) is 11.0. The number of piperidine rings is 1. The Hall–Kier alpha value is -2.07. The normalized spacial score (nSPS) is 15.2. The molecule has 1 aromatic heterocycles. The minimum Gasteiger partial charge on any atom is -0.489 e. The smallest absolute Gasteiger partial charge is 0.208 e. The largest absolute Gasteiger partial charge is 0.489 e. The zero-order valence-electron chi connectivity index (χ0n) is 19.4. The zero-order valence-corrected chi connectivity index (χ0v) is 21.7. The molecule has 0 spiro atoms. The van der Waals surface area contributed by atoms with Crippen molar-refractivity contribution in [2.45, 2.75) is 39.8 Å². The fourth-order valence-corrected chi connectivity index (χ4v) is 3.73. The van der Waals surface area contributed by atoms with Gasteiger partial charge in [0.05, 0.1) is 12.2 Å². The van der Waals surface area contributed by atoms with Gasteiger partial charge in [-0.25, -0.2) is 4.98 Å². The molecule has 3 rings (SSSR count). The molecule has 8 heteroatoms. The fraction of sp³-hybridized carbons (Fsp3) is 0.500. The number of aryl methyl sites for hydroxylation is 2. The Morgan fingerprint density at radius 1 is 1.28 bits per heavy atom. The highest BCUT2D eigenvalue weighted by atomic mass is 127. The molecule has 0 amide bonds. The quantitative estimate of drug-likeness (QED) is 0.211. The number of halogens is 1. The number of nitrogens with one attached hydrogen (secondary N) is 2. The lowest BCUT2D eigenvalue weighted by molar-refractivity contribution is 0.164. The van der Waals surface area contributed by atoms with Gasteiger partial charge >= 0.3 is 0 Å². The van der Waals surface area contributed by atoms with Crippen molar-refractivity contribution in [1.29, 1.82) is 0 Å². The number of hydrogen-bond donors (Lipinski definition) is 2. The molecule has 2 N–H and O–H groups in total. The van der Waals surface area contributed by atoms with E-state index in [1.54, 1.807) is 13.1 Å². The van der Waals surface area contributed by atoms with Gasteiger partial charge in [-0.2, -0.15) is 0 Å². The van der Waals surface area contributed by atoms with Crippen molar-refractivity contribution in [2.24, 2.45) is 10.9 Å². The summed E-state index contributed by atoms with van der Waals surface area (Å²) in [5.41, 5.74) is 2.08. The van der Waals surface area contributed by atoms with Crippen LogP contribution in [-0.2, 0) is 13.1 Å². The summed E-state index contributed by atoms with van der Waals surface area (Å²) in [7, 11) is 1.80. The van der Waals surface area contributed by atoms with E-state index in [1.165, 1.54) is 0 Å². The van der Waals surface area contributed by atoms with Gasteiger partial charge < -0.3 is 19.8 Å². The van der Waals surface area contributed by atoms with Crippen molar-refractivity contribution >= 4 is 29.9 Å². The Labute approximate surface area is 208 Å². The summed E-state index contributed by atoms with van der Waals surface area (Å²) < 4.78 is 11.5. The Kier molecular flexibility index (Phi) is 11.0. The molecular formula is C24H36IN5O2. The molecule has 1 fully saturated rings. The first-order chi connectivity index (χ1) is 15.1. The van der Waals surface area contributed by atoms with Gasteiger partial charge in [0, 0.05) is 25.7 Å². The standard InChI is InChI=1S/C24H35N5O2.HI/c1-5-14-30-22-9-7-6-8-21(22)16-27-24(25-4)26-15-20-10-12-29(13-11-20)17-23-28-18(2)19(3)31-23;/h5-9,20H,1,10-17H2,2-4H3,(H2,25,26,27);1H. The Morgan fingerprint density at radius 3 is 2.69 bits per heavy atom. The fourth-order valence-electron chi connectivity index (χ4n) is 3.73. The van der Waals surface area contributed by atoms with Crippen LogP contribution in [0.2, 0.25) is 0 Å². The van der Waals surface area contributed by atoms with Crippen molar-refractivity contribution in [1.82, 2.24) is 20.5 Å². The number of guanidine groups is 1. The molecule has 2 heterocycles. The van der Waals surface area contributed by atoms with E-state index in [1.807, 2.05) is 32.0 Å². The first kappa shape index (κ1) is 26.2. The van der Waals surface area contributed by atoms with Crippen molar-refractivity contribution in [3.63, 3.8) is 0 Å². The number of likely N-dealkylation sites (tertiary alicyclic amines) is 1. The number of hydrogen-bond acceptors (Lipinski definition) is 5. The third-order valence-electron chi connectivity index (χ3n) is 5.70. The van der Waals surface area contributed by atoms with E-state index in [0.717, 1.165) is 73.6 Å². The lowest BCUT2D eigenvalue weighted by atomic mass is 9.97. The van der Waals surface area contributed by atoms with E-state index >= 15 is 0 Å². The predicted octanol–water partition coefficient (Wildman–Crippen LogP) is 4.05. The van der Waals surface area contributed by atoms with Gasteiger partial charge in [-0.15, -0.1) is 24.0 Å². The van der Waals surface area contributed by atoms with Crippen LogP contribution in [-0.4, -0.2) is 49.1 Å². The third-order valence-corrected chi connectivity index (χ3v) is 5.70. The Morgan fingerprint density at radius 2 is 2.03 bits per heavy atom. The van der Waals surface area contributed by atoms with Gasteiger partial charge in [0.15, 0.2) is 5.96 Å². The summed E-state index contributed by atoms with van der Waals surface area (Å²) in [6.45, 7) is 12.7. The second-order valence-electron chi connectivity index (χ2n) is 7.98. The van der Waals surface area contributed by atoms with E-state index in [2.05, 4.69) is 38.2 Å². The highest BCUT2D eigenvalue weighted by Gasteiger charge is 2.21. The summed E-state index contributed by atoms with van der Waals surface area (Å²) in [5.74, 6) is 4.06. The number of para-hydroxylation sites is 1. The maximum atomic E-state index is 5.73. The number of benzene rings is 1. The Bertz CT molecular complexity index is 856. The molecule has 1 aliphatic rings. The summed E-state index contributed by atoms with van der Waals surface area (Å²) in [6, 6.07) is 8.03. The van der Waals surface area contributed by atoms with Crippen LogP contribution < -0.4 is 15.4 Å². The van der Waals surface area contributed by atoms with Crippen LogP contribution in [0.3, 0.4) is 0 Å². The molecule has 0 radical (unpaired) electrons. The highest BCUT2D eigenvalue weighted by Crippen LogP contribution is 2.20. The highest BCUT2D eigenvalue weighted by molar-refractivity contribution is 14.0. The lowest BCUT2D eigenvalue weighted by Crippen LogP contribution is -2.42. The molecule has 0 aliphatic carbocycles. The van der Waals surface area contributed by atoms with Crippen LogP contribution in [0.15, 0.2) is 46.3 Å². The molecule has 7 nitrogen and oxygen atoms in total. The van der Waals surface area contributed by atoms with Gasteiger partial charge in [-0.1, -0.05) is 30.9 Å². The maximum absolute atomic E-state index is 5.73. The SMILES string of the molecule is C=CCOc1ccccc1CNC(=NC)NCC1CCN(Cc2nc(C)c(C)o2)CC1.I.